The Bertz CT molecular complexity index is 929. The molecule has 5 heteroatoms. The number of aliphatic hydroxyl groups excluding tert-OH is 3. The Balaban J connectivity index is 1.25. The molecule has 0 aromatic rings. The molecule has 4 fully saturated rings. The molecule has 0 aromatic heterocycles. The van der Waals surface area contributed by atoms with Crippen LogP contribution in [-0.4, -0.2) is 52.6 Å². The molecular formula is C35H58O5. The van der Waals surface area contributed by atoms with Gasteiger partial charge in [0.25, 0.3) is 0 Å². The fourth-order valence-electron chi connectivity index (χ4n) is 10.3. The summed E-state index contributed by atoms with van der Waals surface area (Å²) in [4.78, 5) is 0. The molecule has 0 unspecified atom stereocenters. The largest absolute Gasteiger partial charge is 0.394 e. The van der Waals surface area contributed by atoms with Crippen LogP contribution in [0.5, 0.6) is 0 Å². The van der Waals surface area contributed by atoms with Gasteiger partial charge in [-0.1, -0.05) is 65.3 Å². The first kappa shape index (κ1) is 30.7. The van der Waals surface area contributed by atoms with Gasteiger partial charge in [-0.15, -0.1) is 0 Å². The fraction of sp³-hybridized carbons (Fsp3) is 0.886. The summed E-state index contributed by atoms with van der Waals surface area (Å²) in [7, 11) is 0. The van der Waals surface area contributed by atoms with E-state index in [1.807, 2.05) is 0 Å². The molecule has 5 aliphatic rings. The van der Waals surface area contributed by atoms with E-state index in [9.17, 15) is 15.3 Å². The highest BCUT2D eigenvalue weighted by atomic mass is 16.7. The SMILES string of the molecule is CC[C@H](/C=C/[C@@H](C)[C@H]1CC[C@H]2[C@@H]3CCC4=C[C@@H](O[C@H]5C[C@H](O)[C@@H](O)[C@H](CO)O5)CC[C@]4(C)[C@H]3CC[C@]12C)C(C)C. The maximum absolute atomic E-state index is 10.2. The van der Waals surface area contributed by atoms with Crippen LogP contribution >= 0.6 is 0 Å². The molecule has 228 valence electrons. The minimum absolute atomic E-state index is 0.0263. The second kappa shape index (κ2) is 12.1. The summed E-state index contributed by atoms with van der Waals surface area (Å²) in [5.41, 5.74) is 2.31. The van der Waals surface area contributed by atoms with E-state index in [4.69, 9.17) is 9.47 Å². The summed E-state index contributed by atoms with van der Waals surface area (Å²) in [6, 6.07) is 0. The van der Waals surface area contributed by atoms with Crippen LogP contribution in [0.2, 0.25) is 0 Å². The lowest BCUT2D eigenvalue weighted by molar-refractivity contribution is -0.266. The summed E-state index contributed by atoms with van der Waals surface area (Å²) in [5, 5.41) is 29.8. The third-order valence-corrected chi connectivity index (χ3v) is 12.8. The third kappa shape index (κ3) is 5.52. The number of ether oxygens (including phenoxy) is 2. The van der Waals surface area contributed by atoms with Gasteiger partial charge in [0.15, 0.2) is 6.29 Å². The maximum Gasteiger partial charge on any atom is 0.161 e. The molecule has 3 saturated carbocycles. The van der Waals surface area contributed by atoms with Gasteiger partial charge in [-0.05, 0) is 110 Å². The van der Waals surface area contributed by atoms with Gasteiger partial charge < -0.3 is 24.8 Å². The first-order valence-electron chi connectivity index (χ1n) is 16.7. The van der Waals surface area contributed by atoms with Gasteiger partial charge in [0.2, 0.25) is 0 Å². The normalized spacial score (nSPS) is 47.0. The quantitative estimate of drug-likeness (QED) is 0.291. The zero-order chi connectivity index (χ0) is 28.8. The molecule has 0 radical (unpaired) electrons. The maximum atomic E-state index is 10.2. The number of fused-ring (bicyclic) bond motifs is 5. The molecule has 0 aromatic carbocycles. The Morgan fingerprint density at radius 1 is 1.02 bits per heavy atom. The average molecular weight is 559 g/mol. The Hall–Kier alpha value is -0.720. The van der Waals surface area contributed by atoms with Gasteiger partial charge in [0.1, 0.15) is 12.2 Å². The van der Waals surface area contributed by atoms with Crippen LogP contribution in [0.15, 0.2) is 23.8 Å². The van der Waals surface area contributed by atoms with Crippen LogP contribution in [0.4, 0.5) is 0 Å². The molecule has 4 aliphatic carbocycles. The van der Waals surface area contributed by atoms with Gasteiger partial charge in [-0.25, -0.2) is 0 Å². The van der Waals surface area contributed by atoms with Crippen molar-refractivity contribution in [3.05, 3.63) is 23.8 Å². The van der Waals surface area contributed by atoms with E-state index >= 15 is 0 Å². The van der Waals surface area contributed by atoms with Crippen molar-refractivity contribution < 1.29 is 24.8 Å². The van der Waals surface area contributed by atoms with Gasteiger partial charge in [-0.2, -0.15) is 0 Å². The topological polar surface area (TPSA) is 79.2 Å². The number of rotatable bonds is 8. The van der Waals surface area contributed by atoms with Crippen LogP contribution in [0.25, 0.3) is 0 Å². The first-order valence-corrected chi connectivity index (χ1v) is 16.7. The highest BCUT2D eigenvalue weighted by molar-refractivity contribution is 5.26. The van der Waals surface area contributed by atoms with Crippen LogP contribution in [0.1, 0.15) is 106 Å². The number of aliphatic hydroxyl groups is 3. The Morgan fingerprint density at radius 2 is 1.80 bits per heavy atom. The van der Waals surface area contributed by atoms with Crippen LogP contribution in [-0.2, 0) is 9.47 Å². The lowest BCUT2D eigenvalue weighted by Crippen LogP contribution is -2.52. The molecule has 0 bridgehead atoms. The second-order valence-corrected chi connectivity index (χ2v) is 15.1. The minimum Gasteiger partial charge on any atom is -0.394 e. The van der Waals surface area contributed by atoms with Crippen molar-refractivity contribution in [2.75, 3.05) is 6.61 Å². The molecule has 5 nitrogen and oxygen atoms in total. The number of allylic oxidation sites excluding steroid dienone is 3. The van der Waals surface area contributed by atoms with E-state index in [-0.39, 0.29) is 24.5 Å². The lowest BCUT2D eigenvalue weighted by Gasteiger charge is -2.59. The zero-order valence-electron chi connectivity index (χ0n) is 26.1. The number of hydrogen-bond acceptors (Lipinski definition) is 5. The van der Waals surface area contributed by atoms with E-state index in [1.54, 1.807) is 5.57 Å². The Kier molecular flexibility index (Phi) is 9.30. The molecule has 0 amide bonds. The monoisotopic (exact) mass is 558 g/mol. The Labute approximate surface area is 243 Å². The van der Waals surface area contributed by atoms with Crippen molar-refractivity contribution in [1.29, 1.82) is 0 Å². The highest BCUT2D eigenvalue weighted by Crippen LogP contribution is 2.67. The van der Waals surface area contributed by atoms with Crippen molar-refractivity contribution in [3.8, 4) is 0 Å². The predicted molar refractivity (Wildman–Crippen MR) is 159 cm³/mol. The van der Waals surface area contributed by atoms with Crippen LogP contribution in [0, 0.1) is 52.3 Å². The molecule has 1 saturated heterocycles. The molecule has 40 heavy (non-hydrogen) atoms. The fourth-order valence-corrected chi connectivity index (χ4v) is 10.3. The second-order valence-electron chi connectivity index (χ2n) is 15.1. The zero-order valence-corrected chi connectivity index (χ0v) is 26.1. The van der Waals surface area contributed by atoms with Gasteiger partial charge in [0.05, 0.1) is 18.8 Å². The molecular weight excluding hydrogens is 500 g/mol. The molecule has 3 N–H and O–H groups in total. The van der Waals surface area contributed by atoms with Gasteiger partial charge in [-0.3, -0.25) is 0 Å². The van der Waals surface area contributed by atoms with Crippen molar-refractivity contribution in [1.82, 2.24) is 0 Å². The summed E-state index contributed by atoms with van der Waals surface area (Å²) < 4.78 is 12.1. The number of hydrogen-bond donors (Lipinski definition) is 3. The molecule has 0 spiro atoms. The minimum atomic E-state index is -1.06. The first-order chi connectivity index (χ1) is 19.0. The van der Waals surface area contributed by atoms with Crippen molar-refractivity contribution >= 4 is 0 Å². The Morgan fingerprint density at radius 3 is 2.50 bits per heavy atom. The van der Waals surface area contributed by atoms with Gasteiger partial charge >= 0.3 is 0 Å². The lowest BCUT2D eigenvalue weighted by atomic mass is 9.46. The van der Waals surface area contributed by atoms with Crippen LogP contribution in [0.3, 0.4) is 0 Å². The predicted octanol–water partition coefficient (Wildman–Crippen LogP) is 6.65. The van der Waals surface area contributed by atoms with E-state index in [1.165, 1.54) is 44.9 Å². The average Bonchev–Trinajstić information content (AvgIpc) is 3.28. The molecule has 1 heterocycles. The standard InChI is InChI=1S/C35H58O5/c1-7-23(21(2)3)9-8-22(4)27-12-13-28-26-11-10-24-18-25(39-32-19-30(37)33(38)31(20-36)40-32)14-16-34(24,5)29(26)15-17-35(27,28)6/h8-9,18,21-23,25-33,36-38H,7,10-17,19-20H2,1-6H3/b9-8+/t22-,23-,25+,26+,27-,28+,29+,30+,31+,32-,33-,34+,35-/m1/s1. The third-order valence-electron chi connectivity index (χ3n) is 12.8. The highest BCUT2D eigenvalue weighted by Gasteiger charge is 2.59. The van der Waals surface area contributed by atoms with E-state index in [0.29, 0.717) is 23.2 Å². The molecule has 5 rings (SSSR count). The molecule has 13 atom stereocenters. The summed E-state index contributed by atoms with van der Waals surface area (Å²) in [5.74, 6) is 5.34. The van der Waals surface area contributed by atoms with Crippen molar-refractivity contribution in [2.45, 2.75) is 136 Å². The van der Waals surface area contributed by atoms with Gasteiger partial charge in [0, 0.05) is 6.42 Å². The van der Waals surface area contributed by atoms with Crippen molar-refractivity contribution in [3.63, 3.8) is 0 Å². The van der Waals surface area contributed by atoms with E-state index in [2.05, 4.69) is 59.8 Å². The van der Waals surface area contributed by atoms with E-state index < -0.39 is 24.6 Å². The smallest absolute Gasteiger partial charge is 0.161 e. The van der Waals surface area contributed by atoms with Crippen LogP contribution < -0.4 is 0 Å². The summed E-state index contributed by atoms with van der Waals surface area (Å²) in [6.07, 6.45) is 15.7. The molecule has 1 aliphatic heterocycles. The summed E-state index contributed by atoms with van der Waals surface area (Å²) in [6.45, 7) is 14.4. The van der Waals surface area contributed by atoms with E-state index in [0.717, 1.165) is 36.5 Å². The van der Waals surface area contributed by atoms with Crippen molar-refractivity contribution in [2.24, 2.45) is 52.3 Å². The summed E-state index contributed by atoms with van der Waals surface area (Å²) >= 11 is 0.